The molecule has 0 saturated heterocycles. The molecule has 6 rings (SSSR count). The van der Waals surface area contributed by atoms with Gasteiger partial charge in [-0.3, -0.25) is 0 Å². The number of carbonyl (C=O) groups excluding carboxylic acids is 1. The fourth-order valence-electron chi connectivity index (χ4n) is 7.03. The molecule has 4 N–H and O–H groups in total. The van der Waals surface area contributed by atoms with Crippen LogP contribution in [0, 0.1) is 28.6 Å². The number of rotatable bonds is 4. The summed E-state index contributed by atoms with van der Waals surface area (Å²) in [5.41, 5.74) is 6.87. The number of cyclic esters (lactones) is 1. The Morgan fingerprint density at radius 2 is 2.05 bits per heavy atom. The number of aliphatic imine (C=N–C) groups is 1. The molecular formula is C28H32N6O4. The highest BCUT2D eigenvalue weighted by molar-refractivity contribution is 5.96. The van der Waals surface area contributed by atoms with E-state index in [2.05, 4.69) is 32.5 Å². The lowest BCUT2D eigenvalue weighted by molar-refractivity contribution is -0.147. The summed E-state index contributed by atoms with van der Waals surface area (Å²) >= 11 is 0. The maximum absolute atomic E-state index is 12.7. The van der Waals surface area contributed by atoms with Crippen molar-refractivity contribution in [2.24, 2.45) is 33.6 Å². The lowest BCUT2D eigenvalue weighted by atomic mass is 9.45. The van der Waals surface area contributed by atoms with Crippen molar-refractivity contribution >= 4 is 29.7 Å². The maximum Gasteiger partial charge on any atom is 0.343 e. The molecular weight excluding hydrogens is 484 g/mol. The minimum absolute atomic E-state index is 0.0143. The number of aliphatic hydroxyl groups excluding tert-OH is 2. The number of fused-ring (bicyclic) bond motifs is 3. The van der Waals surface area contributed by atoms with E-state index in [0.29, 0.717) is 35.7 Å². The number of anilines is 1. The first-order valence-corrected chi connectivity index (χ1v) is 13.0. The Morgan fingerprint density at radius 3 is 2.82 bits per heavy atom. The molecule has 0 bridgehead atoms. The van der Waals surface area contributed by atoms with E-state index in [1.165, 1.54) is 0 Å². The van der Waals surface area contributed by atoms with Crippen molar-refractivity contribution in [3.63, 3.8) is 0 Å². The van der Waals surface area contributed by atoms with Gasteiger partial charge in [-0.25, -0.2) is 24.7 Å². The molecule has 2 saturated carbocycles. The van der Waals surface area contributed by atoms with E-state index in [-0.39, 0.29) is 35.7 Å². The zero-order chi connectivity index (χ0) is 26.7. The van der Waals surface area contributed by atoms with Gasteiger partial charge in [0.2, 0.25) is 11.9 Å². The van der Waals surface area contributed by atoms with Gasteiger partial charge in [0.15, 0.2) is 0 Å². The van der Waals surface area contributed by atoms with E-state index in [1.807, 2.05) is 19.2 Å². The van der Waals surface area contributed by atoms with Gasteiger partial charge in [-0.2, -0.15) is 0 Å². The van der Waals surface area contributed by atoms with Crippen LogP contribution in [0.25, 0.3) is 6.08 Å². The third-order valence-electron chi connectivity index (χ3n) is 9.25. The normalized spacial score (nSPS) is 35.4. The quantitative estimate of drug-likeness (QED) is 0.525. The molecule has 2 aromatic rings. The van der Waals surface area contributed by atoms with Crippen LogP contribution in [0.5, 0.6) is 0 Å². The van der Waals surface area contributed by atoms with E-state index in [1.54, 1.807) is 30.7 Å². The molecule has 0 radical (unpaired) electrons. The smallest absolute Gasteiger partial charge is 0.343 e. The molecule has 10 heteroatoms. The van der Waals surface area contributed by atoms with Gasteiger partial charge in [-0.15, -0.1) is 0 Å². The molecule has 2 aromatic heterocycles. The molecule has 3 unspecified atom stereocenters. The Hall–Kier alpha value is -3.63. The SMILES string of the molecule is C[C@]12CC[C@@H](O)[C@@](C)(CO)C1CC1=Nc3nccn3CC1C2/C=C/C1=CC(=C\c2cnc(N)nc2)/OC1=O. The average Bonchev–Trinajstić information content (AvgIpc) is 3.50. The number of esters is 1. The molecule has 2 aliphatic heterocycles. The van der Waals surface area contributed by atoms with Gasteiger partial charge < -0.3 is 25.3 Å². The number of aromatic nitrogens is 4. The molecule has 6 atom stereocenters. The van der Waals surface area contributed by atoms with Gasteiger partial charge in [0.25, 0.3) is 0 Å². The molecule has 0 aromatic carbocycles. The third-order valence-corrected chi connectivity index (χ3v) is 9.25. The molecule has 10 nitrogen and oxygen atoms in total. The van der Waals surface area contributed by atoms with Crippen LogP contribution in [-0.4, -0.2) is 54.1 Å². The van der Waals surface area contributed by atoms with Crippen LogP contribution in [0.15, 0.2) is 59.3 Å². The minimum atomic E-state index is -0.651. The Bertz CT molecular complexity index is 1390. The fourth-order valence-corrected chi connectivity index (χ4v) is 7.03. The molecule has 4 heterocycles. The highest BCUT2D eigenvalue weighted by Crippen LogP contribution is 2.61. The number of nitrogen functional groups attached to an aromatic ring is 1. The van der Waals surface area contributed by atoms with Crippen LogP contribution in [0.4, 0.5) is 11.9 Å². The van der Waals surface area contributed by atoms with Crippen molar-refractivity contribution in [2.45, 2.75) is 45.8 Å². The van der Waals surface area contributed by atoms with E-state index in [4.69, 9.17) is 15.5 Å². The molecule has 2 aliphatic carbocycles. The molecule has 198 valence electrons. The van der Waals surface area contributed by atoms with Gasteiger partial charge in [0.05, 0.1) is 18.3 Å². The Morgan fingerprint density at radius 1 is 1.26 bits per heavy atom. The number of carbonyl (C=O) groups is 1. The largest absolute Gasteiger partial charge is 0.423 e. The molecule has 38 heavy (non-hydrogen) atoms. The fraction of sp³-hybridized carbons (Fsp3) is 0.464. The molecule has 2 fully saturated rings. The second kappa shape index (κ2) is 8.99. The van der Waals surface area contributed by atoms with E-state index in [0.717, 1.165) is 18.7 Å². The predicted molar refractivity (Wildman–Crippen MR) is 141 cm³/mol. The summed E-state index contributed by atoms with van der Waals surface area (Å²) < 4.78 is 7.55. The van der Waals surface area contributed by atoms with Gasteiger partial charge in [0.1, 0.15) is 5.76 Å². The maximum atomic E-state index is 12.7. The van der Waals surface area contributed by atoms with Crippen molar-refractivity contribution in [1.82, 2.24) is 19.5 Å². The van der Waals surface area contributed by atoms with E-state index < -0.39 is 17.5 Å². The summed E-state index contributed by atoms with van der Waals surface area (Å²) in [7, 11) is 0. The number of ether oxygens (including phenoxy) is 1. The van der Waals surface area contributed by atoms with Crippen molar-refractivity contribution in [2.75, 3.05) is 12.3 Å². The molecule has 4 aliphatic rings. The minimum Gasteiger partial charge on any atom is -0.423 e. The summed E-state index contributed by atoms with van der Waals surface area (Å²) in [4.78, 5) is 30.0. The highest BCUT2D eigenvalue weighted by atomic mass is 16.5. The lowest BCUT2D eigenvalue weighted by Crippen LogP contribution is -2.60. The Kier molecular flexibility index (Phi) is 5.84. The lowest BCUT2D eigenvalue weighted by Gasteiger charge is -2.61. The second-order valence-corrected chi connectivity index (χ2v) is 11.4. The van der Waals surface area contributed by atoms with Crippen LogP contribution in [-0.2, 0) is 16.1 Å². The van der Waals surface area contributed by atoms with Crippen LogP contribution in [0.2, 0.25) is 0 Å². The van der Waals surface area contributed by atoms with Crippen molar-refractivity contribution in [3.8, 4) is 0 Å². The zero-order valence-electron chi connectivity index (χ0n) is 21.5. The van der Waals surface area contributed by atoms with E-state index in [9.17, 15) is 15.0 Å². The monoisotopic (exact) mass is 516 g/mol. The second-order valence-electron chi connectivity index (χ2n) is 11.4. The number of allylic oxidation sites excluding steroid dienone is 2. The van der Waals surface area contributed by atoms with Crippen LogP contribution in [0.3, 0.4) is 0 Å². The number of nitrogens with zero attached hydrogens (tertiary/aromatic N) is 5. The number of nitrogens with two attached hydrogens (primary N) is 1. The average molecular weight is 517 g/mol. The van der Waals surface area contributed by atoms with Crippen LogP contribution in [0.1, 0.15) is 38.7 Å². The number of aliphatic hydroxyl groups is 2. The van der Waals surface area contributed by atoms with Gasteiger partial charge in [0, 0.05) is 53.9 Å². The summed E-state index contributed by atoms with van der Waals surface area (Å²) in [5, 5.41) is 21.4. The highest BCUT2D eigenvalue weighted by Gasteiger charge is 2.60. The molecule has 0 spiro atoms. The van der Waals surface area contributed by atoms with Crippen LogP contribution < -0.4 is 5.73 Å². The number of hydrogen-bond donors (Lipinski definition) is 3. The summed E-state index contributed by atoms with van der Waals surface area (Å²) in [6.07, 6.45) is 15.8. The first-order valence-electron chi connectivity index (χ1n) is 13.0. The number of hydrogen-bond acceptors (Lipinski definition) is 9. The van der Waals surface area contributed by atoms with Gasteiger partial charge in [-0.1, -0.05) is 26.0 Å². The van der Waals surface area contributed by atoms with Crippen molar-refractivity contribution < 1.29 is 19.7 Å². The Labute approximate surface area is 220 Å². The summed E-state index contributed by atoms with van der Waals surface area (Å²) in [6, 6.07) is 0. The topological polar surface area (TPSA) is 149 Å². The number of imidazole rings is 1. The van der Waals surface area contributed by atoms with Gasteiger partial charge in [-0.05, 0) is 48.7 Å². The van der Waals surface area contributed by atoms with E-state index >= 15 is 0 Å². The zero-order valence-corrected chi connectivity index (χ0v) is 21.5. The first kappa shape index (κ1) is 24.7. The first-order chi connectivity index (χ1) is 18.2. The third kappa shape index (κ3) is 3.90. The summed E-state index contributed by atoms with van der Waals surface area (Å²) in [5.74, 6) is 1.01. The van der Waals surface area contributed by atoms with Crippen LogP contribution >= 0.6 is 0 Å². The van der Waals surface area contributed by atoms with Gasteiger partial charge >= 0.3 is 5.97 Å². The Balaban J connectivity index is 1.37. The predicted octanol–water partition coefficient (Wildman–Crippen LogP) is 2.83. The molecule has 0 amide bonds. The van der Waals surface area contributed by atoms with Crippen molar-refractivity contribution in [3.05, 3.63) is 59.9 Å². The standard InChI is InChI=1S/C28H32N6O4/c1-27-6-5-23(36)28(2,15-35)22(27)11-21-19(14-34-8-7-30-26(34)33-21)20(27)4-3-17-10-18(38-24(17)37)9-16-12-31-25(29)32-13-16/h3-4,7-10,12-13,19-20,22-23,35-36H,5-6,11,14-15H2,1-2H3,(H2,29,31,32)/b4-3+,18-9+/t19?,20?,22?,23-,27-,28+/m1/s1. The summed E-state index contributed by atoms with van der Waals surface area (Å²) in [6.45, 7) is 4.90. The van der Waals surface area contributed by atoms with Crippen molar-refractivity contribution in [1.29, 1.82) is 0 Å².